The van der Waals surface area contributed by atoms with Crippen LogP contribution in [0, 0.1) is 5.92 Å². The molecule has 1 aliphatic rings. The number of rotatable bonds is 3. The Balaban J connectivity index is 1.64. The van der Waals surface area contributed by atoms with Gasteiger partial charge < -0.3 is 9.88 Å². The highest BCUT2D eigenvalue weighted by Crippen LogP contribution is 2.21. The third-order valence-corrected chi connectivity index (χ3v) is 3.98. The van der Waals surface area contributed by atoms with E-state index < -0.39 is 0 Å². The van der Waals surface area contributed by atoms with Crippen molar-refractivity contribution >= 4 is 5.91 Å². The normalized spacial score (nSPS) is 16.1. The lowest BCUT2D eigenvalue weighted by Gasteiger charge is -2.31. The van der Waals surface area contributed by atoms with E-state index in [0.717, 1.165) is 49.6 Å². The van der Waals surface area contributed by atoms with Gasteiger partial charge in [0, 0.05) is 38.6 Å². The molecule has 1 amide bonds. The number of nitrogens with zero attached hydrogens (tertiary/aromatic N) is 4. The summed E-state index contributed by atoms with van der Waals surface area (Å²) in [4.78, 5) is 29.4. The molecular weight excluding hydrogens is 266 g/mol. The molecule has 3 rings (SSSR count). The first-order valence-corrected chi connectivity index (χ1v) is 7.28. The molecule has 0 atom stereocenters. The van der Waals surface area contributed by atoms with Gasteiger partial charge in [-0.1, -0.05) is 0 Å². The van der Waals surface area contributed by atoms with Crippen LogP contribution in [-0.2, 0) is 11.2 Å². The van der Waals surface area contributed by atoms with Gasteiger partial charge in [-0.3, -0.25) is 9.78 Å². The number of aromatic nitrogens is 4. The topological polar surface area (TPSA) is 74.8 Å². The van der Waals surface area contributed by atoms with Gasteiger partial charge in [0.25, 0.3) is 0 Å². The Labute approximate surface area is 123 Å². The van der Waals surface area contributed by atoms with Crippen molar-refractivity contribution in [1.29, 1.82) is 0 Å². The van der Waals surface area contributed by atoms with Crippen molar-refractivity contribution in [3.63, 3.8) is 0 Å². The fourth-order valence-corrected chi connectivity index (χ4v) is 2.77. The largest absolute Gasteiger partial charge is 0.343 e. The summed E-state index contributed by atoms with van der Waals surface area (Å²) in [6.45, 7) is 3.34. The minimum absolute atomic E-state index is 0.174. The number of carbonyl (C=O) groups is 1. The molecule has 1 saturated heterocycles. The molecule has 110 valence electrons. The molecule has 1 N–H and O–H groups in total. The van der Waals surface area contributed by atoms with Gasteiger partial charge in [-0.25, -0.2) is 9.97 Å². The average Bonchev–Trinajstić information content (AvgIpc) is 3.02. The van der Waals surface area contributed by atoms with Crippen LogP contribution in [0.15, 0.2) is 24.8 Å². The molecule has 2 aromatic rings. The van der Waals surface area contributed by atoms with Gasteiger partial charge in [-0.2, -0.15) is 0 Å². The van der Waals surface area contributed by atoms with Crippen LogP contribution in [-0.4, -0.2) is 43.8 Å². The lowest BCUT2D eigenvalue weighted by Crippen LogP contribution is -2.37. The highest BCUT2D eigenvalue weighted by Gasteiger charge is 2.21. The highest BCUT2D eigenvalue weighted by atomic mass is 16.2. The van der Waals surface area contributed by atoms with Gasteiger partial charge in [0.1, 0.15) is 5.69 Å². The second kappa shape index (κ2) is 6.03. The lowest BCUT2D eigenvalue weighted by molar-refractivity contribution is -0.130. The van der Waals surface area contributed by atoms with Crippen molar-refractivity contribution in [3.8, 4) is 11.5 Å². The number of likely N-dealkylation sites (tertiary alicyclic amines) is 1. The van der Waals surface area contributed by atoms with E-state index in [4.69, 9.17) is 0 Å². The van der Waals surface area contributed by atoms with Gasteiger partial charge in [-0.15, -0.1) is 0 Å². The fourth-order valence-electron chi connectivity index (χ4n) is 2.77. The second-order valence-electron chi connectivity index (χ2n) is 5.49. The standard InChI is InChI=1S/C15H19N5O/c1-11(21)20-6-2-12(3-7-20)8-13-9-16-10-14(19-13)15-17-4-5-18-15/h4-5,9-10,12H,2-3,6-8H2,1H3,(H,17,18). The minimum Gasteiger partial charge on any atom is -0.343 e. The molecule has 1 aliphatic heterocycles. The van der Waals surface area contributed by atoms with E-state index in [2.05, 4.69) is 19.9 Å². The summed E-state index contributed by atoms with van der Waals surface area (Å²) in [6.07, 6.45) is 10.0. The zero-order valence-corrected chi connectivity index (χ0v) is 12.1. The van der Waals surface area contributed by atoms with E-state index in [0.29, 0.717) is 5.92 Å². The van der Waals surface area contributed by atoms with Gasteiger partial charge in [0.15, 0.2) is 5.82 Å². The van der Waals surface area contributed by atoms with Crippen LogP contribution in [0.2, 0.25) is 0 Å². The third-order valence-electron chi connectivity index (χ3n) is 3.98. The SMILES string of the molecule is CC(=O)N1CCC(Cc2cncc(-c3ncc[nH]3)n2)CC1. The highest BCUT2D eigenvalue weighted by molar-refractivity contribution is 5.73. The van der Waals surface area contributed by atoms with Crippen molar-refractivity contribution in [2.45, 2.75) is 26.2 Å². The number of aromatic amines is 1. The number of amides is 1. The monoisotopic (exact) mass is 285 g/mol. The molecular formula is C15H19N5O. The molecule has 6 heteroatoms. The van der Waals surface area contributed by atoms with Crippen LogP contribution in [0.3, 0.4) is 0 Å². The molecule has 3 heterocycles. The van der Waals surface area contributed by atoms with Crippen molar-refractivity contribution in [1.82, 2.24) is 24.8 Å². The van der Waals surface area contributed by atoms with Gasteiger partial charge >= 0.3 is 0 Å². The van der Waals surface area contributed by atoms with Gasteiger partial charge in [0.05, 0.1) is 11.9 Å². The smallest absolute Gasteiger partial charge is 0.219 e. The summed E-state index contributed by atoms with van der Waals surface area (Å²) in [5, 5.41) is 0. The molecule has 0 aromatic carbocycles. The molecule has 21 heavy (non-hydrogen) atoms. The van der Waals surface area contributed by atoms with Crippen LogP contribution in [0.5, 0.6) is 0 Å². The number of piperidine rings is 1. The molecule has 0 radical (unpaired) electrons. The number of nitrogens with one attached hydrogen (secondary N) is 1. The number of H-pyrrole nitrogens is 1. The van der Waals surface area contributed by atoms with E-state index in [1.54, 1.807) is 25.5 Å². The average molecular weight is 285 g/mol. The fraction of sp³-hybridized carbons (Fsp3) is 0.467. The zero-order chi connectivity index (χ0) is 14.7. The Kier molecular flexibility index (Phi) is 3.94. The first-order chi connectivity index (χ1) is 10.2. The summed E-state index contributed by atoms with van der Waals surface area (Å²) in [6, 6.07) is 0. The maximum atomic E-state index is 11.3. The first kappa shape index (κ1) is 13.7. The summed E-state index contributed by atoms with van der Waals surface area (Å²) >= 11 is 0. The zero-order valence-electron chi connectivity index (χ0n) is 12.1. The van der Waals surface area contributed by atoms with Crippen LogP contribution < -0.4 is 0 Å². The Bertz CT molecular complexity index is 602. The maximum absolute atomic E-state index is 11.3. The molecule has 0 aliphatic carbocycles. The Morgan fingerprint density at radius 1 is 1.38 bits per heavy atom. The molecule has 0 spiro atoms. The maximum Gasteiger partial charge on any atom is 0.219 e. The van der Waals surface area contributed by atoms with Crippen LogP contribution >= 0.6 is 0 Å². The van der Waals surface area contributed by atoms with Crippen molar-refractivity contribution in [2.24, 2.45) is 5.92 Å². The van der Waals surface area contributed by atoms with E-state index in [1.165, 1.54) is 0 Å². The molecule has 6 nitrogen and oxygen atoms in total. The summed E-state index contributed by atoms with van der Waals surface area (Å²) in [5.41, 5.74) is 1.77. The molecule has 2 aromatic heterocycles. The second-order valence-corrected chi connectivity index (χ2v) is 5.49. The first-order valence-electron chi connectivity index (χ1n) is 7.28. The summed E-state index contributed by atoms with van der Waals surface area (Å²) in [5.74, 6) is 1.49. The Hall–Kier alpha value is -2.24. The number of imidazole rings is 1. The van der Waals surface area contributed by atoms with Gasteiger partial charge in [0.2, 0.25) is 5.91 Å². The Morgan fingerprint density at radius 3 is 2.86 bits per heavy atom. The molecule has 0 unspecified atom stereocenters. The van der Waals surface area contributed by atoms with E-state index in [9.17, 15) is 4.79 Å². The van der Waals surface area contributed by atoms with Gasteiger partial charge in [-0.05, 0) is 25.2 Å². The lowest BCUT2D eigenvalue weighted by atomic mass is 9.92. The van der Waals surface area contributed by atoms with E-state index in [-0.39, 0.29) is 5.91 Å². The minimum atomic E-state index is 0.174. The predicted octanol–water partition coefficient (Wildman–Crippen LogP) is 1.67. The number of carbonyl (C=O) groups excluding carboxylic acids is 1. The molecule has 1 fully saturated rings. The van der Waals surface area contributed by atoms with Crippen molar-refractivity contribution < 1.29 is 4.79 Å². The number of hydrogen-bond donors (Lipinski definition) is 1. The van der Waals surface area contributed by atoms with Crippen molar-refractivity contribution in [2.75, 3.05) is 13.1 Å². The van der Waals surface area contributed by atoms with E-state index >= 15 is 0 Å². The third kappa shape index (κ3) is 3.26. The van der Waals surface area contributed by atoms with Crippen LogP contribution in [0.25, 0.3) is 11.5 Å². The summed E-state index contributed by atoms with van der Waals surface area (Å²) in [7, 11) is 0. The van der Waals surface area contributed by atoms with Crippen LogP contribution in [0.1, 0.15) is 25.5 Å². The molecule has 0 bridgehead atoms. The van der Waals surface area contributed by atoms with Crippen LogP contribution in [0.4, 0.5) is 0 Å². The quantitative estimate of drug-likeness (QED) is 0.930. The Morgan fingerprint density at radius 2 is 2.19 bits per heavy atom. The predicted molar refractivity (Wildman–Crippen MR) is 78.3 cm³/mol. The van der Waals surface area contributed by atoms with E-state index in [1.807, 2.05) is 11.1 Å². The van der Waals surface area contributed by atoms with Crippen molar-refractivity contribution in [3.05, 3.63) is 30.5 Å². The molecule has 0 saturated carbocycles. The number of hydrogen-bond acceptors (Lipinski definition) is 4. The summed E-state index contributed by atoms with van der Waals surface area (Å²) < 4.78 is 0.